The van der Waals surface area contributed by atoms with E-state index in [0.717, 1.165) is 4.70 Å². The molecule has 0 aliphatic rings. The summed E-state index contributed by atoms with van der Waals surface area (Å²) in [6.07, 6.45) is 0. The van der Waals surface area contributed by atoms with Crippen molar-refractivity contribution in [3.63, 3.8) is 0 Å². The van der Waals surface area contributed by atoms with Gasteiger partial charge < -0.3 is 30.0 Å². The minimum Gasteiger partial charge on any atom is -0.493 e. The smallest absolute Gasteiger partial charge is 0.255 e. The van der Waals surface area contributed by atoms with Crippen LogP contribution in [0.4, 0.5) is 10.8 Å². The van der Waals surface area contributed by atoms with Crippen LogP contribution in [0.1, 0.15) is 17.3 Å². The largest absolute Gasteiger partial charge is 0.493 e. The summed E-state index contributed by atoms with van der Waals surface area (Å²) >= 11 is 1.33. The van der Waals surface area contributed by atoms with Crippen molar-refractivity contribution in [2.24, 2.45) is 0 Å². The lowest BCUT2D eigenvalue weighted by molar-refractivity contribution is 0.102. The lowest BCUT2D eigenvalue weighted by atomic mass is 10.1. The van der Waals surface area contributed by atoms with E-state index in [4.69, 9.17) is 24.7 Å². The Balaban J connectivity index is 1.96. The number of nitrogen functional groups attached to an aromatic ring is 1. The molecule has 8 nitrogen and oxygen atoms in total. The maximum absolute atomic E-state index is 12.8. The molecule has 3 rings (SSSR count). The highest BCUT2D eigenvalue weighted by Crippen LogP contribution is 2.39. The second-order valence-corrected chi connectivity index (χ2v) is 6.74. The fraction of sp³-hybridized carbons (Fsp3) is 0.263. The fourth-order valence-corrected chi connectivity index (χ4v) is 3.56. The Labute approximate surface area is 166 Å². The van der Waals surface area contributed by atoms with Gasteiger partial charge in [-0.2, -0.15) is 0 Å². The molecule has 0 aliphatic heterocycles. The number of thiazole rings is 1. The van der Waals surface area contributed by atoms with Crippen LogP contribution in [0.3, 0.4) is 0 Å². The lowest BCUT2D eigenvalue weighted by Gasteiger charge is -2.14. The Kier molecular flexibility index (Phi) is 5.74. The number of benzene rings is 2. The van der Waals surface area contributed by atoms with Crippen molar-refractivity contribution in [2.45, 2.75) is 6.92 Å². The molecule has 28 heavy (non-hydrogen) atoms. The number of nitrogens with one attached hydrogen (secondary N) is 1. The monoisotopic (exact) mass is 403 g/mol. The fourth-order valence-electron chi connectivity index (χ4n) is 2.77. The summed E-state index contributed by atoms with van der Waals surface area (Å²) in [4.78, 5) is 17.1. The maximum atomic E-state index is 12.8. The highest BCUT2D eigenvalue weighted by atomic mass is 32.1. The third-order valence-electron chi connectivity index (χ3n) is 3.96. The summed E-state index contributed by atoms with van der Waals surface area (Å²) in [5, 5.41) is 3.30. The number of nitrogens with two attached hydrogens (primary N) is 1. The number of anilines is 2. The molecule has 0 radical (unpaired) electrons. The normalized spacial score (nSPS) is 10.6. The standard InChI is InChI=1S/C19H21N3O5S/c1-5-27-12-8-11(9-15-16(12)22-19(20)28-15)21-18(23)10-6-13(24-2)17(26-4)14(7-10)25-3/h6-9H,5H2,1-4H3,(H2,20,22)(H,21,23). The first-order valence-corrected chi connectivity index (χ1v) is 9.26. The molecule has 1 aromatic heterocycles. The average Bonchev–Trinajstić information content (AvgIpc) is 3.07. The first kappa shape index (κ1) is 19.6. The Morgan fingerprint density at radius 3 is 2.32 bits per heavy atom. The van der Waals surface area contributed by atoms with Crippen molar-refractivity contribution in [2.75, 3.05) is 39.0 Å². The molecule has 9 heteroatoms. The van der Waals surface area contributed by atoms with Gasteiger partial charge in [-0.15, -0.1) is 0 Å². The van der Waals surface area contributed by atoms with Crippen LogP contribution in [0.25, 0.3) is 10.2 Å². The van der Waals surface area contributed by atoms with E-state index in [1.807, 2.05) is 13.0 Å². The van der Waals surface area contributed by atoms with Gasteiger partial charge in [-0.25, -0.2) is 4.98 Å². The number of ether oxygens (including phenoxy) is 4. The topological polar surface area (TPSA) is 105 Å². The summed E-state index contributed by atoms with van der Waals surface area (Å²) in [6.45, 7) is 2.35. The van der Waals surface area contributed by atoms with E-state index in [9.17, 15) is 4.79 Å². The number of aromatic nitrogens is 1. The predicted octanol–water partition coefficient (Wildman–Crippen LogP) is 3.56. The number of hydrogen-bond acceptors (Lipinski definition) is 8. The highest BCUT2D eigenvalue weighted by Gasteiger charge is 2.18. The lowest BCUT2D eigenvalue weighted by Crippen LogP contribution is -2.13. The summed E-state index contributed by atoms with van der Waals surface area (Å²) in [6, 6.07) is 6.70. The van der Waals surface area contributed by atoms with Gasteiger partial charge in [0.1, 0.15) is 11.3 Å². The first-order valence-electron chi connectivity index (χ1n) is 8.44. The second kappa shape index (κ2) is 8.22. The van der Waals surface area contributed by atoms with Gasteiger partial charge in [-0.3, -0.25) is 4.79 Å². The molecule has 1 amide bonds. The predicted molar refractivity (Wildman–Crippen MR) is 109 cm³/mol. The zero-order valence-corrected chi connectivity index (χ0v) is 16.8. The number of rotatable bonds is 7. The summed E-state index contributed by atoms with van der Waals surface area (Å²) in [5.74, 6) is 1.44. The van der Waals surface area contributed by atoms with E-state index >= 15 is 0 Å². The number of carbonyl (C=O) groups is 1. The van der Waals surface area contributed by atoms with Crippen molar-refractivity contribution in [3.05, 3.63) is 29.8 Å². The minimum absolute atomic E-state index is 0.335. The summed E-state index contributed by atoms with van der Waals surface area (Å²) < 4.78 is 22.4. The van der Waals surface area contributed by atoms with Crippen molar-refractivity contribution in [3.8, 4) is 23.0 Å². The molecule has 0 saturated carbocycles. The molecule has 3 aromatic rings. The molecule has 148 valence electrons. The van der Waals surface area contributed by atoms with Crippen LogP contribution >= 0.6 is 11.3 Å². The van der Waals surface area contributed by atoms with Gasteiger partial charge in [-0.1, -0.05) is 11.3 Å². The van der Waals surface area contributed by atoms with Gasteiger partial charge >= 0.3 is 0 Å². The van der Waals surface area contributed by atoms with Crippen LogP contribution in [-0.2, 0) is 0 Å². The zero-order valence-electron chi connectivity index (χ0n) is 16.0. The van der Waals surface area contributed by atoms with Crippen LogP contribution in [0.15, 0.2) is 24.3 Å². The Morgan fingerprint density at radius 1 is 1.07 bits per heavy atom. The van der Waals surface area contributed by atoms with Crippen molar-refractivity contribution < 1.29 is 23.7 Å². The van der Waals surface area contributed by atoms with Gasteiger partial charge in [0.2, 0.25) is 5.75 Å². The molecule has 2 aromatic carbocycles. The quantitative estimate of drug-likeness (QED) is 0.621. The van der Waals surface area contributed by atoms with Gasteiger partial charge in [0.15, 0.2) is 16.6 Å². The molecule has 0 spiro atoms. The minimum atomic E-state index is -0.335. The first-order chi connectivity index (χ1) is 13.5. The molecule has 0 bridgehead atoms. The molecule has 0 saturated heterocycles. The molecule has 3 N–H and O–H groups in total. The van der Waals surface area contributed by atoms with E-state index in [2.05, 4.69) is 10.3 Å². The van der Waals surface area contributed by atoms with Gasteiger partial charge in [0.25, 0.3) is 5.91 Å². The van der Waals surface area contributed by atoms with Gasteiger partial charge in [0.05, 0.1) is 32.6 Å². The Hall–Kier alpha value is -3.20. The molecular weight excluding hydrogens is 382 g/mol. The molecular formula is C19H21N3O5S. The van der Waals surface area contributed by atoms with Crippen LogP contribution < -0.4 is 30.0 Å². The molecule has 0 atom stereocenters. The third kappa shape index (κ3) is 3.74. The van der Waals surface area contributed by atoms with Gasteiger partial charge in [0, 0.05) is 17.3 Å². The second-order valence-electron chi connectivity index (χ2n) is 5.67. The number of hydrogen-bond donors (Lipinski definition) is 2. The summed E-state index contributed by atoms with van der Waals surface area (Å²) in [5.41, 5.74) is 7.42. The Morgan fingerprint density at radius 2 is 1.75 bits per heavy atom. The van der Waals surface area contributed by atoms with Crippen molar-refractivity contribution >= 4 is 38.3 Å². The number of amides is 1. The zero-order chi connectivity index (χ0) is 20.3. The molecule has 0 fully saturated rings. The maximum Gasteiger partial charge on any atom is 0.255 e. The van der Waals surface area contributed by atoms with E-state index < -0.39 is 0 Å². The van der Waals surface area contributed by atoms with E-state index in [1.54, 1.807) is 18.2 Å². The van der Waals surface area contributed by atoms with Crippen molar-refractivity contribution in [1.29, 1.82) is 0 Å². The number of fused-ring (bicyclic) bond motifs is 1. The van der Waals surface area contributed by atoms with E-state index in [0.29, 0.717) is 51.5 Å². The highest BCUT2D eigenvalue weighted by molar-refractivity contribution is 7.22. The number of carbonyl (C=O) groups excluding carboxylic acids is 1. The Bertz CT molecular complexity index is 993. The van der Waals surface area contributed by atoms with E-state index in [1.165, 1.54) is 32.7 Å². The molecule has 0 unspecified atom stereocenters. The molecule has 1 heterocycles. The SMILES string of the molecule is CCOc1cc(NC(=O)c2cc(OC)c(OC)c(OC)c2)cc2sc(N)nc12. The third-order valence-corrected chi connectivity index (χ3v) is 4.79. The number of methoxy groups -OCH3 is 3. The van der Waals surface area contributed by atoms with E-state index in [-0.39, 0.29) is 5.91 Å². The van der Waals surface area contributed by atoms with Crippen LogP contribution in [-0.4, -0.2) is 38.8 Å². The summed E-state index contributed by atoms with van der Waals surface area (Å²) in [7, 11) is 4.50. The van der Waals surface area contributed by atoms with Crippen LogP contribution in [0.5, 0.6) is 23.0 Å². The van der Waals surface area contributed by atoms with Crippen molar-refractivity contribution in [1.82, 2.24) is 4.98 Å². The van der Waals surface area contributed by atoms with Gasteiger partial charge in [-0.05, 0) is 25.1 Å². The van der Waals surface area contributed by atoms with Crippen LogP contribution in [0, 0.1) is 0 Å². The average molecular weight is 403 g/mol. The molecule has 0 aliphatic carbocycles. The number of nitrogens with zero attached hydrogens (tertiary/aromatic N) is 1. The van der Waals surface area contributed by atoms with Crippen LogP contribution in [0.2, 0.25) is 0 Å².